The number of fused-ring (bicyclic) bond motifs is 1. The van der Waals surface area contributed by atoms with E-state index in [0.717, 1.165) is 31.5 Å². The van der Waals surface area contributed by atoms with Gasteiger partial charge in [-0.3, -0.25) is 14.5 Å². The minimum atomic E-state index is -1.94. The molecule has 0 saturated carbocycles. The fraction of sp³-hybridized carbons (Fsp3) is 0.609. The van der Waals surface area contributed by atoms with Crippen LogP contribution in [0, 0.1) is 5.92 Å². The zero-order valence-corrected chi connectivity index (χ0v) is 18.3. The van der Waals surface area contributed by atoms with E-state index in [1.165, 1.54) is 20.8 Å². The first-order chi connectivity index (χ1) is 14.7. The highest BCUT2D eigenvalue weighted by Gasteiger charge is 2.47. The van der Waals surface area contributed by atoms with Gasteiger partial charge in [-0.1, -0.05) is 30.3 Å². The van der Waals surface area contributed by atoms with Gasteiger partial charge < -0.3 is 19.3 Å². The molecule has 5 atom stereocenters. The Morgan fingerprint density at radius 3 is 2.55 bits per heavy atom. The average molecular weight is 434 g/mol. The van der Waals surface area contributed by atoms with Crippen molar-refractivity contribution in [3.8, 4) is 0 Å². The number of benzene rings is 1. The molecule has 0 amide bonds. The molecule has 2 aliphatic rings. The minimum Gasteiger partial charge on any atom is -0.463 e. The van der Waals surface area contributed by atoms with E-state index in [-0.39, 0.29) is 37.1 Å². The molecule has 0 aliphatic carbocycles. The second kappa shape index (κ2) is 9.78. The predicted octanol–water partition coefficient (Wildman–Crippen LogP) is 1.48. The lowest BCUT2D eigenvalue weighted by molar-refractivity contribution is -0.184. The van der Waals surface area contributed by atoms with Crippen LogP contribution in [-0.4, -0.2) is 71.5 Å². The molecule has 1 unspecified atom stereocenters. The summed E-state index contributed by atoms with van der Waals surface area (Å²) < 4.78 is 16.1. The minimum absolute atomic E-state index is 0.000747. The Balaban J connectivity index is 1.54. The molecule has 2 heterocycles. The van der Waals surface area contributed by atoms with Gasteiger partial charge in [0.15, 0.2) is 5.60 Å². The Labute approximate surface area is 182 Å². The van der Waals surface area contributed by atoms with E-state index in [4.69, 9.17) is 14.2 Å². The monoisotopic (exact) mass is 433 g/mol. The van der Waals surface area contributed by atoms with E-state index in [0.29, 0.717) is 0 Å². The van der Waals surface area contributed by atoms with Crippen LogP contribution in [0.15, 0.2) is 30.3 Å². The average Bonchev–Trinajstić information content (AvgIpc) is 3.29. The number of carbonyl (C=O) groups excluding carboxylic acids is 3. The zero-order chi connectivity index (χ0) is 22.6. The van der Waals surface area contributed by atoms with Crippen molar-refractivity contribution in [3.05, 3.63) is 35.9 Å². The first kappa shape index (κ1) is 23.2. The van der Waals surface area contributed by atoms with Crippen LogP contribution < -0.4 is 0 Å². The van der Waals surface area contributed by atoms with Crippen molar-refractivity contribution >= 4 is 17.9 Å². The van der Waals surface area contributed by atoms with Crippen LogP contribution in [0.25, 0.3) is 0 Å². The fourth-order valence-corrected chi connectivity index (χ4v) is 4.36. The molecule has 2 saturated heterocycles. The first-order valence-corrected chi connectivity index (χ1v) is 10.7. The van der Waals surface area contributed by atoms with Crippen molar-refractivity contribution in [2.24, 2.45) is 5.92 Å². The Bertz CT molecular complexity index is 794. The number of ether oxygens (including phenoxy) is 3. The first-order valence-electron chi connectivity index (χ1n) is 10.7. The summed E-state index contributed by atoms with van der Waals surface area (Å²) in [5.74, 6) is -1.69. The normalized spacial score (nSPS) is 25.9. The van der Waals surface area contributed by atoms with Gasteiger partial charge in [-0.2, -0.15) is 0 Å². The Morgan fingerprint density at radius 1 is 1.19 bits per heavy atom. The number of aliphatic hydroxyl groups is 1. The number of rotatable bonds is 8. The van der Waals surface area contributed by atoms with Gasteiger partial charge in [0.05, 0.1) is 19.1 Å². The van der Waals surface area contributed by atoms with Crippen LogP contribution in [0.2, 0.25) is 0 Å². The number of esters is 3. The van der Waals surface area contributed by atoms with Crippen molar-refractivity contribution in [3.63, 3.8) is 0 Å². The largest absolute Gasteiger partial charge is 0.463 e. The van der Waals surface area contributed by atoms with Crippen molar-refractivity contribution in [2.75, 3.05) is 19.7 Å². The van der Waals surface area contributed by atoms with E-state index in [1.54, 1.807) is 0 Å². The molecule has 3 rings (SSSR count). The Morgan fingerprint density at radius 2 is 1.87 bits per heavy atom. The lowest BCUT2D eigenvalue weighted by Gasteiger charge is -2.29. The number of hydrogen-bond acceptors (Lipinski definition) is 8. The molecule has 0 radical (unpaired) electrons. The lowest BCUT2D eigenvalue weighted by Crippen LogP contribution is -2.49. The highest BCUT2D eigenvalue weighted by molar-refractivity contribution is 5.80. The fourth-order valence-electron chi connectivity index (χ4n) is 4.36. The second-order valence-electron chi connectivity index (χ2n) is 8.55. The Kier molecular flexibility index (Phi) is 7.33. The molecular weight excluding hydrogens is 402 g/mol. The molecule has 0 bridgehead atoms. The maximum Gasteiger partial charge on any atom is 0.341 e. The topological polar surface area (TPSA) is 102 Å². The zero-order valence-electron chi connectivity index (χ0n) is 18.3. The maximum absolute atomic E-state index is 12.4. The molecule has 2 aliphatic heterocycles. The lowest BCUT2D eigenvalue weighted by atomic mass is 9.96. The third kappa shape index (κ3) is 5.62. The van der Waals surface area contributed by atoms with Gasteiger partial charge in [0.2, 0.25) is 0 Å². The van der Waals surface area contributed by atoms with Gasteiger partial charge in [0, 0.05) is 19.4 Å². The predicted molar refractivity (Wildman–Crippen MR) is 111 cm³/mol. The Hall–Kier alpha value is -2.45. The van der Waals surface area contributed by atoms with Crippen LogP contribution in [0.5, 0.6) is 0 Å². The van der Waals surface area contributed by atoms with Crippen molar-refractivity contribution < 1.29 is 33.7 Å². The highest BCUT2D eigenvalue weighted by atomic mass is 16.6. The van der Waals surface area contributed by atoms with E-state index in [1.807, 2.05) is 30.3 Å². The molecule has 0 aromatic heterocycles. The molecule has 1 aromatic carbocycles. The van der Waals surface area contributed by atoms with Crippen molar-refractivity contribution in [1.82, 2.24) is 4.90 Å². The van der Waals surface area contributed by atoms with Gasteiger partial charge >= 0.3 is 17.9 Å². The van der Waals surface area contributed by atoms with Gasteiger partial charge in [-0.05, 0) is 38.8 Å². The molecule has 170 valence electrons. The molecule has 8 nitrogen and oxygen atoms in total. The van der Waals surface area contributed by atoms with Crippen LogP contribution in [0.4, 0.5) is 0 Å². The van der Waals surface area contributed by atoms with Gasteiger partial charge in [0.1, 0.15) is 12.2 Å². The van der Waals surface area contributed by atoms with Crippen LogP contribution in [0.1, 0.15) is 39.2 Å². The van der Waals surface area contributed by atoms with Crippen LogP contribution in [0.3, 0.4) is 0 Å². The molecule has 31 heavy (non-hydrogen) atoms. The van der Waals surface area contributed by atoms with E-state index >= 15 is 0 Å². The molecule has 8 heteroatoms. The summed E-state index contributed by atoms with van der Waals surface area (Å²) in [5, 5.41) is 10.4. The summed E-state index contributed by atoms with van der Waals surface area (Å²) in [6.45, 7) is 5.71. The number of carbonyl (C=O) groups is 3. The number of nitrogens with zero attached hydrogens (tertiary/aromatic N) is 1. The summed E-state index contributed by atoms with van der Waals surface area (Å²) >= 11 is 0. The van der Waals surface area contributed by atoms with Gasteiger partial charge in [-0.15, -0.1) is 0 Å². The summed E-state index contributed by atoms with van der Waals surface area (Å²) in [5.41, 5.74) is -1.04. The van der Waals surface area contributed by atoms with Gasteiger partial charge in [0.25, 0.3) is 0 Å². The highest BCUT2D eigenvalue weighted by Crippen LogP contribution is 2.35. The van der Waals surface area contributed by atoms with Crippen LogP contribution >= 0.6 is 0 Å². The molecular formula is C23H31NO7. The van der Waals surface area contributed by atoms with E-state index in [2.05, 4.69) is 4.90 Å². The summed E-state index contributed by atoms with van der Waals surface area (Å²) in [4.78, 5) is 38.2. The third-order valence-electron chi connectivity index (χ3n) is 6.22. The van der Waals surface area contributed by atoms with E-state index < -0.39 is 23.6 Å². The summed E-state index contributed by atoms with van der Waals surface area (Å²) in [6, 6.07) is 9.45. The van der Waals surface area contributed by atoms with Crippen molar-refractivity contribution in [2.45, 2.75) is 63.9 Å². The smallest absolute Gasteiger partial charge is 0.341 e. The number of hydrogen-bond donors (Lipinski definition) is 1. The van der Waals surface area contributed by atoms with E-state index in [9.17, 15) is 19.5 Å². The standard InChI is InChI=1S/C23H31NO7/c1-15(30-16(2)25)23(3,28)22(27)29-14-18-9-11-24-12-10-19(21(18)24)31-20(26)13-17-7-5-4-6-8-17/h4-8,15,18-19,21,28H,9-14H2,1-3H3/t15-,18-,19-,21?,23+/m1/s1. The van der Waals surface area contributed by atoms with Gasteiger partial charge in [-0.25, -0.2) is 4.79 Å². The molecule has 0 spiro atoms. The van der Waals surface area contributed by atoms with Crippen molar-refractivity contribution in [1.29, 1.82) is 0 Å². The SMILES string of the molecule is CC(=O)O[C@H](C)[C@](C)(O)C(=O)OC[C@H]1CCN2CC[C@@H](OC(=O)Cc3ccccc3)C12. The molecule has 1 N–H and O–H groups in total. The third-order valence-corrected chi connectivity index (χ3v) is 6.22. The quantitative estimate of drug-likeness (QED) is 0.486. The molecule has 2 fully saturated rings. The summed E-state index contributed by atoms with van der Waals surface area (Å²) in [6.07, 6.45) is 0.502. The second-order valence-corrected chi connectivity index (χ2v) is 8.55. The summed E-state index contributed by atoms with van der Waals surface area (Å²) in [7, 11) is 0. The van der Waals surface area contributed by atoms with Crippen LogP contribution in [-0.2, 0) is 35.0 Å². The maximum atomic E-state index is 12.4. The molecule has 1 aromatic rings.